The van der Waals surface area contributed by atoms with Gasteiger partial charge in [0, 0.05) is 24.5 Å². The molecule has 4 heteroatoms. The van der Waals surface area contributed by atoms with E-state index in [0.29, 0.717) is 17.7 Å². The van der Waals surface area contributed by atoms with Crippen LogP contribution < -0.4 is 9.47 Å². The first-order chi connectivity index (χ1) is 13.6. The topological polar surface area (TPSA) is 40.5 Å². The van der Waals surface area contributed by atoms with Gasteiger partial charge in [-0.25, -0.2) is 0 Å². The first-order valence-electron chi connectivity index (χ1n) is 9.13. The molecule has 0 aliphatic heterocycles. The zero-order valence-corrected chi connectivity index (χ0v) is 16.5. The molecule has 0 aliphatic carbocycles. The quantitative estimate of drug-likeness (QED) is 0.420. The Balaban J connectivity index is 2.23. The number of ketones is 1. The van der Waals surface area contributed by atoms with Gasteiger partial charge in [-0.05, 0) is 60.5 Å². The maximum Gasteiger partial charge on any atom is 0.179 e. The molecule has 0 saturated carbocycles. The lowest BCUT2D eigenvalue weighted by molar-refractivity contribution is 0.0908. The second kappa shape index (κ2) is 8.17. The summed E-state index contributed by atoms with van der Waals surface area (Å²) in [7, 11) is 5.20. The van der Waals surface area contributed by atoms with Gasteiger partial charge in [0.05, 0.1) is 14.2 Å². The van der Waals surface area contributed by atoms with Gasteiger partial charge in [0.2, 0.25) is 0 Å². The van der Waals surface area contributed by atoms with Gasteiger partial charge in [-0.3, -0.25) is 4.79 Å². The number of hydrogen-bond donors (Lipinski definition) is 0. The average Bonchev–Trinajstić information content (AvgIpc) is 3.18. The third kappa shape index (κ3) is 3.33. The first kappa shape index (κ1) is 19.5. The van der Waals surface area contributed by atoms with Crippen molar-refractivity contribution in [3.05, 3.63) is 96.3 Å². The van der Waals surface area contributed by atoms with Crippen LogP contribution in [0.1, 0.15) is 28.0 Å². The van der Waals surface area contributed by atoms with Crippen LogP contribution in [0, 0.1) is 0 Å². The summed E-state index contributed by atoms with van der Waals surface area (Å²) in [4.78, 5) is 13.9. The van der Waals surface area contributed by atoms with Gasteiger partial charge < -0.3 is 14.0 Å². The fourth-order valence-corrected chi connectivity index (χ4v) is 3.70. The third-order valence-electron chi connectivity index (χ3n) is 5.15. The minimum Gasteiger partial charge on any atom is -0.497 e. The predicted octanol–water partition coefficient (Wildman–Crippen LogP) is 4.79. The molecule has 0 radical (unpaired) electrons. The first-order valence-corrected chi connectivity index (χ1v) is 9.13. The molecule has 144 valence electrons. The van der Waals surface area contributed by atoms with Gasteiger partial charge in [0.1, 0.15) is 16.9 Å². The van der Waals surface area contributed by atoms with E-state index in [9.17, 15) is 4.79 Å². The van der Waals surface area contributed by atoms with Crippen LogP contribution in [0.25, 0.3) is 0 Å². The van der Waals surface area contributed by atoms with Crippen LogP contribution in [-0.2, 0) is 12.5 Å². The Kier molecular flexibility index (Phi) is 5.69. The van der Waals surface area contributed by atoms with Crippen LogP contribution in [-0.4, -0.2) is 24.6 Å². The van der Waals surface area contributed by atoms with Crippen molar-refractivity contribution in [1.82, 2.24) is 4.57 Å². The van der Waals surface area contributed by atoms with Crippen molar-refractivity contribution in [2.75, 3.05) is 14.2 Å². The maximum atomic E-state index is 13.9. The Morgan fingerprint density at radius 1 is 1.00 bits per heavy atom. The van der Waals surface area contributed by atoms with Crippen LogP contribution in [0.4, 0.5) is 0 Å². The Morgan fingerprint density at radius 3 is 2.04 bits per heavy atom. The highest BCUT2D eigenvalue weighted by atomic mass is 16.5. The fourth-order valence-electron chi connectivity index (χ4n) is 3.70. The summed E-state index contributed by atoms with van der Waals surface area (Å²) in [5.74, 6) is 1.48. The summed E-state index contributed by atoms with van der Waals surface area (Å²) in [5.41, 5.74) is 1.55. The van der Waals surface area contributed by atoms with E-state index in [-0.39, 0.29) is 5.78 Å². The molecule has 1 atom stereocenters. The van der Waals surface area contributed by atoms with Crippen molar-refractivity contribution in [3.8, 4) is 11.5 Å². The monoisotopic (exact) mass is 375 g/mol. The van der Waals surface area contributed by atoms with Gasteiger partial charge in [0.25, 0.3) is 0 Å². The van der Waals surface area contributed by atoms with E-state index in [1.165, 1.54) is 0 Å². The van der Waals surface area contributed by atoms with E-state index in [1.807, 2.05) is 78.5 Å². The molecule has 28 heavy (non-hydrogen) atoms. The molecule has 0 aliphatic rings. The number of carbonyl (C=O) groups is 1. The molecule has 0 fully saturated rings. The number of hydrogen-bond acceptors (Lipinski definition) is 3. The van der Waals surface area contributed by atoms with Crippen molar-refractivity contribution in [3.63, 3.8) is 0 Å². The number of ether oxygens (including phenoxy) is 2. The van der Waals surface area contributed by atoms with E-state index in [2.05, 4.69) is 6.58 Å². The summed E-state index contributed by atoms with van der Waals surface area (Å²) >= 11 is 0. The molecule has 3 rings (SSSR count). The number of Topliss-reactive ketones (excluding diaryl/α,β-unsaturated/α-hetero) is 1. The predicted molar refractivity (Wildman–Crippen MR) is 111 cm³/mol. The van der Waals surface area contributed by atoms with Crippen LogP contribution in [0.15, 0.2) is 79.5 Å². The molecule has 0 N–H and O–H groups in total. The van der Waals surface area contributed by atoms with Gasteiger partial charge in [0.15, 0.2) is 5.78 Å². The summed E-state index contributed by atoms with van der Waals surface area (Å²) in [6.45, 7) is 3.94. The van der Waals surface area contributed by atoms with E-state index in [0.717, 1.165) is 17.0 Å². The molecule has 0 saturated heterocycles. The molecule has 2 aromatic carbocycles. The van der Waals surface area contributed by atoms with E-state index in [1.54, 1.807) is 20.3 Å². The van der Waals surface area contributed by atoms with Crippen molar-refractivity contribution in [2.45, 2.75) is 11.8 Å². The lowest BCUT2D eigenvalue weighted by Crippen LogP contribution is -2.38. The molecule has 0 bridgehead atoms. The van der Waals surface area contributed by atoms with Crippen molar-refractivity contribution in [1.29, 1.82) is 0 Å². The van der Waals surface area contributed by atoms with Crippen molar-refractivity contribution >= 4 is 5.78 Å². The van der Waals surface area contributed by atoms with Crippen LogP contribution in [0.2, 0.25) is 0 Å². The number of aromatic nitrogens is 1. The Labute approximate surface area is 166 Å². The van der Waals surface area contributed by atoms with Crippen LogP contribution >= 0.6 is 0 Å². The lowest BCUT2D eigenvalue weighted by atomic mass is 9.69. The molecule has 4 nitrogen and oxygen atoms in total. The highest BCUT2D eigenvalue weighted by Crippen LogP contribution is 2.40. The average molecular weight is 375 g/mol. The van der Waals surface area contributed by atoms with Crippen LogP contribution in [0.5, 0.6) is 11.5 Å². The zero-order chi connectivity index (χ0) is 20.1. The molecule has 0 spiro atoms. The summed E-state index contributed by atoms with van der Waals surface area (Å²) in [6, 6.07) is 18.9. The molecule has 3 aromatic rings. The second-order valence-corrected chi connectivity index (χ2v) is 6.69. The molecular formula is C24H25NO3. The number of carbonyl (C=O) groups excluding carboxylic acids is 1. The summed E-state index contributed by atoms with van der Waals surface area (Å²) in [5, 5.41) is 0. The number of rotatable bonds is 8. The number of allylic oxidation sites excluding steroid dienone is 1. The number of benzene rings is 2. The number of nitrogens with zero attached hydrogens (tertiary/aromatic N) is 1. The highest BCUT2D eigenvalue weighted by molar-refractivity contribution is 6.06. The molecule has 1 heterocycles. The van der Waals surface area contributed by atoms with Gasteiger partial charge in [-0.1, -0.05) is 18.2 Å². The van der Waals surface area contributed by atoms with Gasteiger partial charge >= 0.3 is 0 Å². The van der Waals surface area contributed by atoms with Crippen molar-refractivity contribution < 1.29 is 14.3 Å². The third-order valence-corrected chi connectivity index (χ3v) is 5.15. The summed E-state index contributed by atoms with van der Waals surface area (Å²) in [6.07, 6.45) is 4.23. The Bertz CT molecular complexity index is 954. The number of aryl methyl sites for hydroxylation is 1. The smallest absolute Gasteiger partial charge is 0.179 e. The van der Waals surface area contributed by atoms with Crippen LogP contribution in [0.3, 0.4) is 0 Å². The van der Waals surface area contributed by atoms with E-state index < -0.39 is 5.41 Å². The second-order valence-electron chi connectivity index (χ2n) is 6.69. The normalized spacial score (nSPS) is 12.8. The minimum absolute atomic E-state index is 0.0158. The molecule has 1 aromatic heterocycles. The largest absolute Gasteiger partial charge is 0.497 e. The zero-order valence-electron chi connectivity index (χ0n) is 16.5. The fraction of sp³-hybridized carbons (Fsp3) is 0.208. The van der Waals surface area contributed by atoms with E-state index >= 15 is 0 Å². The van der Waals surface area contributed by atoms with Gasteiger partial charge in [-0.15, -0.1) is 6.58 Å². The highest BCUT2D eigenvalue weighted by Gasteiger charge is 2.43. The minimum atomic E-state index is -0.888. The summed E-state index contributed by atoms with van der Waals surface area (Å²) < 4.78 is 12.5. The van der Waals surface area contributed by atoms with E-state index in [4.69, 9.17) is 9.47 Å². The standard InChI is InChI=1S/C24H25NO3/c1-5-16-24(22-7-6-17-25(22)2,19-10-14-21(28-4)15-11-19)23(26)18-8-12-20(27-3)13-9-18/h5-15,17H,1,16H2,2-4H3. The molecule has 1 unspecified atom stereocenters. The SMILES string of the molecule is C=CCC(C(=O)c1ccc(OC)cc1)(c1ccc(OC)cc1)c1cccn1C. The van der Waals surface area contributed by atoms with Gasteiger partial charge in [-0.2, -0.15) is 0 Å². The maximum absolute atomic E-state index is 13.9. The number of methoxy groups -OCH3 is 2. The molecular weight excluding hydrogens is 350 g/mol. The lowest BCUT2D eigenvalue weighted by Gasteiger charge is -2.33. The van der Waals surface area contributed by atoms with Crippen molar-refractivity contribution in [2.24, 2.45) is 7.05 Å². The molecule has 0 amide bonds. The Hall–Kier alpha value is -3.27. The Morgan fingerprint density at radius 2 is 1.57 bits per heavy atom.